The number of likely N-dealkylation sites (tertiary alicyclic amines) is 1. The Morgan fingerprint density at radius 3 is 2.62 bits per heavy atom. The molecular weight excluding hydrogens is 270 g/mol. The third kappa shape index (κ3) is 3.84. The zero-order valence-corrected chi connectivity index (χ0v) is 12.0. The van der Waals surface area contributed by atoms with Gasteiger partial charge in [-0.2, -0.15) is 0 Å². The van der Waals surface area contributed by atoms with E-state index in [0.29, 0.717) is 13.0 Å². The van der Waals surface area contributed by atoms with Crippen LogP contribution in [0.1, 0.15) is 24.8 Å². The highest BCUT2D eigenvalue weighted by atomic mass is 16.5. The minimum absolute atomic E-state index is 0.252. The van der Waals surface area contributed by atoms with Crippen LogP contribution in [0.4, 0.5) is 0 Å². The van der Waals surface area contributed by atoms with E-state index in [1.807, 2.05) is 24.3 Å². The summed E-state index contributed by atoms with van der Waals surface area (Å²) in [5.74, 6) is -0.431. The Morgan fingerprint density at radius 2 is 2.00 bits per heavy atom. The fourth-order valence-electron chi connectivity index (χ4n) is 2.43. The van der Waals surface area contributed by atoms with Gasteiger partial charge in [-0.05, 0) is 43.0 Å². The van der Waals surface area contributed by atoms with Crippen molar-refractivity contribution in [1.82, 2.24) is 4.90 Å². The van der Waals surface area contributed by atoms with E-state index in [2.05, 4.69) is 0 Å². The highest BCUT2D eigenvalue weighted by molar-refractivity contribution is 5.94. The molecule has 5 heteroatoms. The summed E-state index contributed by atoms with van der Waals surface area (Å²) in [7, 11) is 1.59. The first kappa shape index (κ1) is 15.1. The lowest BCUT2D eigenvalue weighted by molar-refractivity contribution is -0.150. The van der Waals surface area contributed by atoms with Crippen LogP contribution in [0.25, 0.3) is 6.08 Å². The third-order valence-corrected chi connectivity index (χ3v) is 3.61. The second-order valence-electron chi connectivity index (χ2n) is 4.99. The Morgan fingerprint density at radius 1 is 1.29 bits per heavy atom. The topological polar surface area (TPSA) is 66.8 Å². The number of amides is 1. The fourth-order valence-corrected chi connectivity index (χ4v) is 2.43. The average molecular weight is 289 g/mol. The predicted molar refractivity (Wildman–Crippen MR) is 79.0 cm³/mol. The molecule has 0 aromatic heterocycles. The molecular formula is C16H19NO4. The van der Waals surface area contributed by atoms with Crippen molar-refractivity contribution in [3.05, 3.63) is 35.9 Å². The van der Waals surface area contributed by atoms with Gasteiger partial charge in [0.05, 0.1) is 7.11 Å². The van der Waals surface area contributed by atoms with Gasteiger partial charge in [-0.15, -0.1) is 0 Å². The van der Waals surface area contributed by atoms with Crippen LogP contribution < -0.4 is 4.74 Å². The molecule has 0 aliphatic carbocycles. The van der Waals surface area contributed by atoms with Gasteiger partial charge < -0.3 is 14.7 Å². The number of rotatable bonds is 4. The minimum Gasteiger partial charge on any atom is -0.497 e. The molecule has 1 aliphatic rings. The van der Waals surface area contributed by atoms with E-state index in [4.69, 9.17) is 9.84 Å². The van der Waals surface area contributed by atoms with E-state index in [9.17, 15) is 9.59 Å². The number of hydrogen-bond acceptors (Lipinski definition) is 3. The maximum absolute atomic E-state index is 12.2. The molecule has 1 aromatic rings. The molecule has 112 valence electrons. The summed E-state index contributed by atoms with van der Waals surface area (Å²) in [6, 6.07) is 6.60. The molecule has 1 atom stereocenters. The molecule has 1 fully saturated rings. The van der Waals surface area contributed by atoms with Crippen molar-refractivity contribution in [1.29, 1.82) is 0 Å². The summed E-state index contributed by atoms with van der Waals surface area (Å²) in [4.78, 5) is 24.8. The van der Waals surface area contributed by atoms with Crippen LogP contribution >= 0.6 is 0 Å². The van der Waals surface area contributed by atoms with E-state index in [0.717, 1.165) is 24.2 Å². The van der Waals surface area contributed by atoms with Gasteiger partial charge in [-0.1, -0.05) is 12.1 Å². The lowest BCUT2D eigenvalue weighted by atomic mass is 10.0. The Kier molecular flexibility index (Phi) is 4.98. The van der Waals surface area contributed by atoms with E-state index >= 15 is 0 Å². The van der Waals surface area contributed by atoms with E-state index in [1.165, 1.54) is 11.0 Å². The van der Waals surface area contributed by atoms with Crippen molar-refractivity contribution in [2.45, 2.75) is 25.3 Å². The second kappa shape index (κ2) is 6.92. The van der Waals surface area contributed by atoms with Gasteiger partial charge in [-0.25, -0.2) is 4.79 Å². The number of hydrogen-bond donors (Lipinski definition) is 1. The molecule has 1 aromatic carbocycles. The monoisotopic (exact) mass is 289 g/mol. The van der Waals surface area contributed by atoms with Crippen LogP contribution in [-0.4, -0.2) is 41.6 Å². The van der Waals surface area contributed by atoms with E-state index in [-0.39, 0.29) is 5.91 Å². The Balaban J connectivity index is 2.04. The molecule has 1 aliphatic heterocycles. The molecule has 0 radical (unpaired) electrons. The number of carboxylic acids is 1. The highest BCUT2D eigenvalue weighted by Gasteiger charge is 2.30. The maximum atomic E-state index is 12.2. The number of carboxylic acid groups (broad SMARTS) is 1. The summed E-state index contributed by atoms with van der Waals surface area (Å²) >= 11 is 0. The van der Waals surface area contributed by atoms with Gasteiger partial charge >= 0.3 is 5.97 Å². The zero-order valence-electron chi connectivity index (χ0n) is 12.0. The first-order valence-corrected chi connectivity index (χ1v) is 6.97. The molecule has 1 N–H and O–H groups in total. The number of nitrogens with zero attached hydrogens (tertiary/aromatic N) is 1. The molecule has 1 heterocycles. The molecule has 1 saturated heterocycles. The van der Waals surface area contributed by atoms with Crippen LogP contribution in [-0.2, 0) is 9.59 Å². The number of methoxy groups -OCH3 is 1. The quantitative estimate of drug-likeness (QED) is 0.863. The summed E-state index contributed by atoms with van der Waals surface area (Å²) < 4.78 is 5.07. The second-order valence-corrected chi connectivity index (χ2v) is 4.99. The average Bonchev–Trinajstić information content (AvgIpc) is 2.53. The number of ether oxygens (including phenoxy) is 1. The molecule has 0 bridgehead atoms. The van der Waals surface area contributed by atoms with Crippen molar-refractivity contribution in [2.75, 3.05) is 13.7 Å². The van der Waals surface area contributed by atoms with Crippen LogP contribution in [0.3, 0.4) is 0 Å². The van der Waals surface area contributed by atoms with Crippen molar-refractivity contribution in [3.63, 3.8) is 0 Å². The third-order valence-electron chi connectivity index (χ3n) is 3.61. The maximum Gasteiger partial charge on any atom is 0.326 e. The number of benzene rings is 1. The van der Waals surface area contributed by atoms with Gasteiger partial charge in [0.25, 0.3) is 0 Å². The van der Waals surface area contributed by atoms with Gasteiger partial charge in [0.1, 0.15) is 11.8 Å². The number of piperidine rings is 1. The zero-order chi connectivity index (χ0) is 15.2. The van der Waals surface area contributed by atoms with E-state index < -0.39 is 12.0 Å². The normalized spacial score (nSPS) is 18.7. The van der Waals surface area contributed by atoms with Gasteiger partial charge in [0.2, 0.25) is 5.91 Å². The molecule has 2 rings (SSSR count). The largest absolute Gasteiger partial charge is 0.497 e. The Bertz CT molecular complexity index is 536. The van der Waals surface area contributed by atoms with Gasteiger partial charge in [0, 0.05) is 12.6 Å². The first-order chi connectivity index (χ1) is 10.1. The summed E-state index contributed by atoms with van der Waals surface area (Å²) in [5.41, 5.74) is 0.869. The highest BCUT2D eigenvalue weighted by Crippen LogP contribution is 2.18. The van der Waals surface area contributed by atoms with Gasteiger partial charge in [0.15, 0.2) is 0 Å². The Labute approximate surface area is 123 Å². The smallest absolute Gasteiger partial charge is 0.326 e. The molecule has 0 saturated carbocycles. The minimum atomic E-state index is -0.930. The molecule has 5 nitrogen and oxygen atoms in total. The summed E-state index contributed by atoms with van der Waals surface area (Å²) in [5, 5.41) is 9.17. The Hall–Kier alpha value is -2.30. The SMILES string of the molecule is COc1ccc(C=CC(=O)N2CCCC[C@H]2C(=O)O)cc1. The molecule has 0 unspecified atom stereocenters. The van der Waals surface area contributed by atoms with E-state index in [1.54, 1.807) is 13.2 Å². The molecule has 0 spiro atoms. The number of carbonyl (C=O) groups is 2. The lowest BCUT2D eigenvalue weighted by Crippen LogP contribution is -2.47. The molecule has 1 amide bonds. The van der Waals surface area contributed by atoms with Gasteiger partial charge in [-0.3, -0.25) is 4.79 Å². The number of aliphatic carboxylic acids is 1. The van der Waals surface area contributed by atoms with Crippen LogP contribution in [0, 0.1) is 0 Å². The van der Waals surface area contributed by atoms with Crippen molar-refractivity contribution < 1.29 is 19.4 Å². The molecule has 21 heavy (non-hydrogen) atoms. The fraction of sp³-hybridized carbons (Fsp3) is 0.375. The summed E-state index contributed by atoms with van der Waals surface area (Å²) in [6.07, 6.45) is 5.35. The van der Waals surface area contributed by atoms with Crippen LogP contribution in [0.15, 0.2) is 30.3 Å². The number of carbonyl (C=O) groups excluding carboxylic acids is 1. The van der Waals surface area contributed by atoms with Crippen LogP contribution in [0.5, 0.6) is 5.75 Å². The standard InChI is InChI=1S/C16H19NO4/c1-21-13-8-5-12(6-9-13)7-10-15(18)17-11-3-2-4-14(17)16(19)20/h5-10,14H,2-4,11H2,1H3,(H,19,20)/t14-/m0/s1. The van der Waals surface area contributed by atoms with Crippen molar-refractivity contribution >= 4 is 18.0 Å². The van der Waals surface area contributed by atoms with Crippen molar-refractivity contribution in [2.24, 2.45) is 0 Å². The first-order valence-electron chi connectivity index (χ1n) is 6.97. The lowest BCUT2D eigenvalue weighted by Gasteiger charge is -2.32. The summed E-state index contributed by atoms with van der Waals surface area (Å²) in [6.45, 7) is 0.503. The van der Waals surface area contributed by atoms with Crippen molar-refractivity contribution in [3.8, 4) is 5.75 Å². The van der Waals surface area contributed by atoms with Crippen LogP contribution in [0.2, 0.25) is 0 Å². The predicted octanol–water partition coefficient (Wildman–Crippen LogP) is 2.17.